The van der Waals surface area contributed by atoms with Gasteiger partial charge in [0.05, 0.1) is 18.6 Å². The van der Waals surface area contributed by atoms with Gasteiger partial charge in [-0.25, -0.2) is 4.79 Å². The molecule has 0 spiro atoms. The zero-order valence-corrected chi connectivity index (χ0v) is 13.0. The molecule has 1 aromatic carbocycles. The van der Waals surface area contributed by atoms with Crippen molar-refractivity contribution in [3.8, 4) is 0 Å². The maximum Gasteiger partial charge on any atom is 0.338 e. The zero-order chi connectivity index (χ0) is 14.1. The Morgan fingerprint density at radius 2 is 1.79 bits per heavy atom. The zero-order valence-electron chi connectivity index (χ0n) is 10.9. The van der Waals surface area contributed by atoms with Gasteiger partial charge in [0.1, 0.15) is 6.61 Å². The van der Waals surface area contributed by atoms with Crippen LogP contribution in [-0.4, -0.2) is 25.2 Å². The quantitative estimate of drug-likeness (QED) is 0.417. The lowest BCUT2D eigenvalue weighted by Crippen LogP contribution is -2.12. The van der Waals surface area contributed by atoms with Crippen molar-refractivity contribution in [3.63, 3.8) is 0 Å². The molecular weight excluding hydrogens is 359 g/mol. The summed E-state index contributed by atoms with van der Waals surface area (Å²) in [6, 6.07) is 7.06. The molecule has 0 aliphatic heterocycles. The van der Waals surface area contributed by atoms with E-state index in [4.69, 9.17) is 9.47 Å². The third-order valence-corrected chi connectivity index (χ3v) is 3.10. The second kappa shape index (κ2) is 8.90. The lowest BCUT2D eigenvalue weighted by atomic mass is 10.2. The van der Waals surface area contributed by atoms with Gasteiger partial charge in [-0.3, -0.25) is 4.79 Å². The molecule has 0 aromatic heterocycles. The minimum absolute atomic E-state index is 0.0514. The van der Waals surface area contributed by atoms with Crippen molar-refractivity contribution in [2.24, 2.45) is 0 Å². The second-order valence-electron chi connectivity index (χ2n) is 3.97. The van der Waals surface area contributed by atoms with Crippen molar-refractivity contribution in [3.05, 3.63) is 33.4 Å². The summed E-state index contributed by atoms with van der Waals surface area (Å²) in [7, 11) is 0. The molecule has 19 heavy (non-hydrogen) atoms. The Morgan fingerprint density at radius 3 is 2.42 bits per heavy atom. The lowest BCUT2D eigenvalue weighted by molar-refractivity contribution is -0.144. The van der Waals surface area contributed by atoms with Crippen molar-refractivity contribution in [1.82, 2.24) is 0 Å². The Bertz CT molecular complexity index is 414. The Labute approximate surface area is 126 Å². The fourth-order valence-corrected chi connectivity index (χ4v) is 1.66. The SMILES string of the molecule is CCCCOC(=O)CCOC(=O)c1ccc(I)cc1. The molecule has 4 nitrogen and oxygen atoms in total. The van der Waals surface area contributed by atoms with Crippen molar-refractivity contribution in [2.45, 2.75) is 26.2 Å². The minimum Gasteiger partial charge on any atom is -0.466 e. The van der Waals surface area contributed by atoms with E-state index in [9.17, 15) is 9.59 Å². The Balaban J connectivity index is 2.23. The van der Waals surface area contributed by atoms with E-state index < -0.39 is 5.97 Å². The lowest BCUT2D eigenvalue weighted by Gasteiger charge is -2.05. The van der Waals surface area contributed by atoms with Crippen molar-refractivity contribution >= 4 is 34.5 Å². The number of carbonyl (C=O) groups is 2. The first-order valence-corrected chi connectivity index (χ1v) is 7.29. The van der Waals surface area contributed by atoms with Crippen LogP contribution in [0.1, 0.15) is 36.5 Å². The predicted molar refractivity (Wildman–Crippen MR) is 79.9 cm³/mol. The maximum absolute atomic E-state index is 11.6. The van der Waals surface area contributed by atoms with E-state index in [1.807, 2.05) is 19.1 Å². The molecule has 0 N–H and O–H groups in total. The Morgan fingerprint density at radius 1 is 1.11 bits per heavy atom. The summed E-state index contributed by atoms with van der Waals surface area (Å²) < 4.78 is 11.0. The standard InChI is InChI=1S/C14H17IO4/c1-2-3-9-18-13(16)8-10-19-14(17)11-4-6-12(15)7-5-11/h4-7H,2-3,8-10H2,1H3. The first kappa shape index (κ1) is 15.9. The number of carbonyl (C=O) groups excluding carboxylic acids is 2. The van der Waals surface area contributed by atoms with Crippen molar-refractivity contribution in [2.75, 3.05) is 13.2 Å². The molecule has 0 heterocycles. The molecule has 0 bridgehead atoms. The average Bonchev–Trinajstić information content (AvgIpc) is 2.39. The Hall–Kier alpha value is -1.11. The minimum atomic E-state index is -0.419. The molecule has 104 valence electrons. The molecule has 0 unspecified atom stereocenters. The van der Waals surface area contributed by atoms with Crippen LogP contribution in [0.5, 0.6) is 0 Å². The van der Waals surface area contributed by atoms with Crippen LogP contribution < -0.4 is 0 Å². The largest absolute Gasteiger partial charge is 0.466 e. The van der Waals surface area contributed by atoms with Crippen LogP contribution in [0.4, 0.5) is 0 Å². The van der Waals surface area contributed by atoms with E-state index in [1.165, 1.54) is 0 Å². The molecule has 5 heteroatoms. The summed E-state index contributed by atoms with van der Waals surface area (Å²) in [4.78, 5) is 22.9. The summed E-state index contributed by atoms with van der Waals surface area (Å²) in [6.45, 7) is 2.51. The molecule has 1 rings (SSSR count). The number of benzene rings is 1. The smallest absolute Gasteiger partial charge is 0.338 e. The topological polar surface area (TPSA) is 52.6 Å². The predicted octanol–water partition coefficient (Wildman–Crippen LogP) is 3.18. The van der Waals surface area contributed by atoms with Crippen LogP contribution >= 0.6 is 22.6 Å². The maximum atomic E-state index is 11.6. The fourth-order valence-electron chi connectivity index (χ4n) is 1.30. The number of ether oxygens (including phenoxy) is 2. The highest BCUT2D eigenvalue weighted by atomic mass is 127. The van der Waals surface area contributed by atoms with Crippen LogP contribution in [0.2, 0.25) is 0 Å². The summed E-state index contributed by atoms with van der Waals surface area (Å²) in [5.74, 6) is -0.749. The van der Waals surface area contributed by atoms with Gasteiger partial charge in [-0.15, -0.1) is 0 Å². The highest BCUT2D eigenvalue weighted by Crippen LogP contribution is 2.08. The molecular formula is C14H17IO4. The van der Waals surface area contributed by atoms with Gasteiger partial charge in [0.15, 0.2) is 0 Å². The first-order chi connectivity index (χ1) is 9.13. The second-order valence-corrected chi connectivity index (χ2v) is 5.21. The van der Waals surface area contributed by atoms with E-state index in [2.05, 4.69) is 22.6 Å². The fraction of sp³-hybridized carbons (Fsp3) is 0.429. The van der Waals surface area contributed by atoms with E-state index in [-0.39, 0.29) is 19.0 Å². The molecule has 0 fully saturated rings. The normalized spacial score (nSPS) is 10.0. The van der Waals surface area contributed by atoms with E-state index in [1.54, 1.807) is 12.1 Å². The van der Waals surface area contributed by atoms with Gasteiger partial charge in [0.2, 0.25) is 0 Å². The van der Waals surface area contributed by atoms with Crippen LogP contribution in [0, 0.1) is 3.57 Å². The Kier molecular flexibility index (Phi) is 7.47. The van der Waals surface area contributed by atoms with Crippen LogP contribution in [-0.2, 0) is 14.3 Å². The summed E-state index contributed by atoms with van der Waals surface area (Å²) >= 11 is 2.16. The van der Waals surface area contributed by atoms with Gasteiger partial charge < -0.3 is 9.47 Å². The highest BCUT2D eigenvalue weighted by molar-refractivity contribution is 14.1. The van der Waals surface area contributed by atoms with Gasteiger partial charge >= 0.3 is 11.9 Å². The van der Waals surface area contributed by atoms with Crippen LogP contribution in [0.15, 0.2) is 24.3 Å². The molecule has 0 atom stereocenters. The van der Waals surface area contributed by atoms with E-state index in [0.29, 0.717) is 12.2 Å². The average molecular weight is 376 g/mol. The molecule has 0 saturated carbocycles. The summed E-state index contributed by atoms with van der Waals surface area (Å²) in [5, 5.41) is 0. The first-order valence-electron chi connectivity index (χ1n) is 6.21. The van der Waals surface area contributed by atoms with E-state index in [0.717, 1.165) is 16.4 Å². The number of halogens is 1. The van der Waals surface area contributed by atoms with Crippen molar-refractivity contribution < 1.29 is 19.1 Å². The van der Waals surface area contributed by atoms with Crippen molar-refractivity contribution in [1.29, 1.82) is 0 Å². The summed E-state index contributed by atoms with van der Waals surface area (Å²) in [5.41, 5.74) is 0.486. The number of esters is 2. The van der Waals surface area contributed by atoms with Gasteiger partial charge in [-0.1, -0.05) is 13.3 Å². The van der Waals surface area contributed by atoms with Crippen LogP contribution in [0.25, 0.3) is 0 Å². The van der Waals surface area contributed by atoms with Gasteiger partial charge in [-0.05, 0) is 53.3 Å². The highest BCUT2D eigenvalue weighted by Gasteiger charge is 2.08. The third-order valence-electron chi connectivity index (χ3n) is 2.38. The molecule has 0 radical (unpaired) electrons. The van der Waals surface area contributed by atoms with Crippen LogP contribution in [0.3, 0.4) is 0 Å². The van der Waals surface area contributed by atoms with Gasteiger partial charge in [0.25, 0.3) is 0 Å². The van der Waals surface area contributed by atoms with Gasteiger partial charge in [-0.2, -0.15) is 0 Å². The van der Waals surface area contributed by atoms with Gasteiger partial charge in [0, 0.05) is 3.57 Å². The number of unbranched alkanes of at least 4 members (excludes halogenated alkanes) is 1. The molecule has 0 aliphatic carbocycles. The number of hydrogen-bond donors (Lipinski definition) is 0. The third kappa shape index (κ3) is 6.56. The molecule has 0 amide bonds. The number of rotatable bonds is 7. The molecule has 0 saturated heterocycles. The monoisotopic (exact) mass is 376 g/mol. The molecule has 1 aromatic rings. The van der Waals surface area contributed by atoms with E-state index >= 15 is 0 Å². The summed E-state index contributed by atoms with van der Waals surface area (Å²) in [6.07, 6.45) is 1.93. The number of hydrogen-bond acceptors (Lipinski definition) is 4. The molecule has 0 aliphatic rings.